The van der Waals surface area contributed by atoms with Crippen molar-refractivity contribution in [3.63, 3.8) is 0 Å². The molecule has 0 aromatic rings. The van der Waals surface area contributed by atoms with E-state index in [0.29, 0.717) is 0 Å². The van der Waals surface area contributed by atoms with Crippen LogP contribution in [0, 0.1) is 59.2 Å². The number of hydrogen-bond donors (Lipinski definition) is 0. The van der Waals surface area contributed by atoms with E-state index in [0.717, 1.165) is 0 Å². The summed E-state index contributed by atoms with van der Waals surface area (Å²) in [6, 6.07) is 0. The van der Waals surface area contributed by atoms with Gasteiger partial charge in [0, 0.05) is 0 Å². The van der Waals surface area contributed by atoms with E-state index in [2.05, 4.69) is 0 Å². The zero-order valence-electron chi connectivity index (χ0n) is 13.6. The molecule has 6 bridgehead atoms. The number of rotatable bonds is 2. The number of hydrogen-bond acceptors (Lipinski definition) is 0. The fourth-order valence-corrected chi connectivity index (χ4v) is 9.18. The predicted octanol–water partition coefficient (Wildman–Crippen LogP) is 5.52. The molecule has 0 heterocycles. The molecular formula is C21H32. The van der Waals surface area contributed by atoms with E-state index in [4.69, 9.17) is 0 Å². The molecule has 10 unspecified atom stereocenters. The van der Waals surface area contributed by atoms with Crippen molar-refractivity contribution in [2.24, 2.45) is 59.2 Å². The van der Waals surface area contributed by atoms with Crippen LogP contribution in [0.1, 0.15) is 70.6 Å². The molecular weight excluding hydrogens is 252 g/mol. The molecule has 21 heavy (non-hydrogen) atoms. The first-order valence-electron chi connectivity index (χ1n) is 10.4. The van der Waals surface area contributed by atoms with E-state index in [1.807, 2.05) is 0 Å². The van der Waals surface area contributed by atoms with Crippen LogP contribution < -0.4 is 0 Å². The van der Waals surface area contributed by atoms with Crippen molar-refractivity contribution in [1.29, 1.82) is 0 Å². The van der Waals surface area contributed by atoms with Crippen LogP contribution in [-0.4, -0.2) is 0 Å². The summed E-state index contributed by atoms with van der Waals surface area (Å²) in [5.74, 6) is 11.9. The Morgan fingerprint density at radius 2 is 0.857 bits per heavy atom. The molecule has 0 aliphatic heterocycles. The average Bonchev–Trinajstić information content (AvgIpc) is 3.33. The van der Waals surface area contributed by atoms with Gasteiger partial charge in [0.25, 0.3) is 0 Å². The van der Waals surface area contributed by atoms with Gasteiger partial charge in [0.2, 0.25) is 0 Å². The standard InChI is InChI=1S/C21H32/c1-3-14-7-12(1)9-18(14)20-16-5-6-17(11-16)21(20)19-10-13-2-4-15(19)8-13/h12-21H,1-11H2. The molecule has 0 spiro atoms. The lowest BCUT2D eigenvalue weighted by molar-refractivity contribution is 0.0452. The van der Waals surface area contributed by atoms with Crippen molar-refractivity contribution in [3.8, 4) is 0 Å². The summed E-state index contributed by atoms with van der Waals surface area (Å²) in [7, 11) is 0. The second-order valence-corrected chi connectivity index (χ2v) is 10.2. The lowest BCUT2D eigenvalue weighted by Gasteiger charge is -2.44. The Kier molecular flexibility index (Phi) is 2.54. The molecule has 0 amide bonds. The predicted molar refractivity (Wildman–Crippen MR) is 85.7 cm³/mol. The quantitative estimate of drug-likeness (QED) is 0.626. The van der Waals surface area contributed by atoms with Crippen LogP contribution in [-0.2, 0) is 0 Å². The third-order valence-corrected chi connectivity index (χ3v) is 9.62. The van der Waals surface area contributed by atoms with Gasteiger partial charge in [-0.2, -0.15) is 0 Å². The zero-order valence-corrected chi connectivity index (χ0v) is 13.6. The van der Waals surface area contributed by atoms with Gasteiger partial charge in [0.05, 0.1) is 0 Å². The third kappa shape index (κ3) is 1.63. The molecule has 0 nitrogen and oxygen atoms in total. The minimum Gasteiger partial charge on any atom is -0.0502 e. The molecule has 6 saturated carbocycles. The van der Waals surface area contributed by atoms with E-state index in [9.17, 15) is 0 Å². The molecule has 0 aromatic heterocycles. The van der Waals surface area contributed by atoms with Crippen LogP contribution in [0.2, 0.25) is 0 Å². The van der Waals surface area contributed by atoms with Crippen molar-refractivity contribution in [2.45, 2.75) is 70.6 Å². The van der Waals surface area contributed by atoms with E-state index in [1.54, 1.807) is 70.6 Å². The molecule has 6 fully saturated rings. The lowest BCUT2D eigenvalue weighted by Crippen LogP contribution is -2.38. The van der Waals surface area contributed by atoms with Crippen molar-refractivity contribution < 1.29 is 0 Å². The van der Waals surface area contributed by atoms with Crippen molar-refractivity contribution in [1.82, 2.24) is 0 Å². The molecule has 0 radical (unpaired) electrons. The van der Waals surface area contributed by atoms with E-state index < -0.39 is 0 Å². The van der Waals surface area contributed by atoms with Gasteiger partial charge in [0.15, 0.2) is 0 Å². The lowest BCUT2D eigenvalue weighted by atomic mass is 9.61. The SMILES string of the molecule is C1CC2CC1CC2C1C2CCC(C2)C1C1CC2CCC1C2. The molecule has 6 rings (SSSR count). The first-order valence-corrected chi connectivity index (χ1v) is 10.4. The molecule has 0 saturated heterocycles. The van der Waals surface area contributed by atoms with Crippen LogP contribution in [0.15, 0.2) is 0 Å². The highest BCUT2D eigenvalue weighted by atomic mass is 14.6. The summed E-state index contributed by atoms with van der Waals surface area (Å²) >= 11 is 0. The van der Waals surface area contributed by atoms with Crippen LogP contribution in [0.4, 0.5) is 0 Å². The molecule has 6 aliphatic carbocycles. The number of fused-ring (bicyclic) bond motifs is 6. The summed E-state index contributed by atoms with van der Waals surface area (Å²) in [6.07, 6.45) is 18.0. The average molecular weight is 284 g/mol. The van der Waals surface area contributed by atoms with Crippen LogP contribution in [0.25, 0.3) is 0 Å². The van der Waals surface area contributed by atoms with Crippen molar-refractivity contribution in [2.75, 3.05) is 0 Å². The molecule has 0 N–H and O–H groups in total. The Labute approximate surface area is 130 Å². The van der Waals surface area contributed by atoms with E-state index in [1.165, 1.54) is 59.2 Å². The molecule has 0 aromatic carbocycles. The molecule has 116 valence electrons. The maximum absolute atomic E-state index is 1.66. The summed E-state index contributed by atoms with van der Waals surface area (Å²) in [6.45, 7) is 0. The third-order valence-electron chi connectivity index (χ3n) is 9.62. The van der Waals surface area contributed by atoms with Gasteiger partial charge in [-0.15, -0.1) is 0 Å². The van der Waals surface area contributed by atoms with Crippen LogP contribution in [0.3, 0.4) is 0 Å². The Balaban J connectivity index is 1.31. The van der Waals surface area contributed by atoms with E-state index in [-0.39, 0.29) is 0 Å². The van der Waals surface area contributed by atoms with Crippen molar-refractivity contribution >= 4 is 0 Å². The summed E-state index contributed by atoms with van der Waals surface area (Å²) < 4.78 is 0. The van der Waals surface area contributed by atoms with Crippen LogP contribution in [0.5, 0.6) is 0 Å². The monoisotopic (exact) mass is 284 g/mol. The first kappa shape index (κ1) is 12.4. The molecule has 0 heteroatoms. The maximum Gasteiger partial charge on any atom is -0.0321 e. The normalized spacial score (nSPS) is 64.0. The van der Waals surface area contributed by atoms with Gasteiger partial charge in [-0.1, -0.05) is 12.8 Å². The van der Waals surface area contributed by atoms with Gasteiger partial charge in [-0.25, -0.2) is 0 Å². The summed E-state index contributed by atoms with van der Waals surface area (Å²) in [4.78, 5) is 0. The Hall–Kier alpha value is 0. The van der Waals surface area contributed by atoms with E-state index >= 15 is 0 Å². The highest BCUT2D eigenvalue weighted by molar-refractivity contribution is 5.08. The second-order valence-electron chi connectivity index (χ2n) is 10.2. The maximum atomic E-state index is 1.66. The highest BCUT2D eigenvalue weighted by Crippen LogP contribution is 2.67. The van der Waals surface area contributed by atoms with Gasteiger partial charge in [-0.05, 0) is 117 Å². The fourth-order valence-electron chi connectivity index (χ4n) is 9.18. The summed E-state index contributed by atoms with van der Waals surface area (Å²) in [5.41, 5.74) is 0. The molecule has 10 atom stereocenters. The molecule has 6 aliphatic rings. The summed E-state index contributed by atoms with van der Waals surface area (Å²) in [5, 5.41) is 0. The topological polar surface area (TPSA) is 0 Å². The van der Waals surface area contributed by atoms with Gasteiger partial charge >= 0.3 is 0 Å². The Bertz CT molecular complexity index is 399. The Morgan fingerprint density at radius 3 is 1.24 bits per heavy atom. The second kappa shape index (κ2) is 4.30. The minimum atomic E-state index is 1.17. The zero-order chi connectivity index (χ0) is 13.6. The van der Waals surface area contributed by atoms with Gasteiger partial charge in [-0.3, -0.25) is 0 Å². The fraction of sp³-hybridized carbons (Fsp3) is 1.00. The smallest absolute Gasteiger partial charge is 0.0321 e. The minimum absolute atomic E-state index is 1.17. The van der Waals surface area contributed by atoms with Crippen LogP contribution >= 0.6 is 0 Å². The first-order chi connectivity index (χ1) is 10.4. The largest absolute Gasteiger partial charge is 0.0502 e. The van der Waals surface area contributed by atoms with Gasteiger partial charge < -0.3 is 0 Å². The van der Waals surface area contributed by atoms with Gasteiger partial charge in [0.1, 0.15) is 0 Å². The van der Waals surface area contributed by atoms with Crippen molar-refractivity contribution in [3.05, 3.63) is 0 Å². The Morgan fingerprint density at radius 1 is 0.381 bits per heavy atom. The highest BCUT2D eigenvalue weighted by Gasteiger charge is 2.59.